The summed E-state index contributed by atoms with van der Waals surface area (Å²) in [5, 5.41) is 9.64. The first-order valence-electron chi connectivity index (χ1n) is 5.75. The smallest absolute Gasteiger partial charge is 0.123 e. The summed E-state index contributed by atoms with van der Waals surface area (Å²) in [5.74, 6) is -0.248. The third-order valence-electron chi connectivity index (χ3n) is 4.15. The fourth-order valence-electron chi connectivity index (χ4n) is 2.74. The highest BCUT2D eigenvalue weighted by atomic mass is 19.1. The van der Waals surface area contributed by atoms with Gasteiger partial charge in [0.05, 0.1) is 43.9 Å². The van der Waals surface area contributed by atoms with Crippen LogP contribution in [0.2, 0.25) is 0 Å². The predicted molar refractivity (Wildman–Crippen MR) is 59.2 cm³/mol. The molecule has 4 heteroatoms. The molecule has 1 N–H and O–H groups in total. The van der Waals surface area contributed by atoms with Crippen molar-refractivity contribution < 1.29 is 19.0 Å². The zero-order valence-electron chi connectivity index (χ0n) is 9.49. The van der Waals surface area contributed by atoms with Crippen LogP contribution in [0.5, 0.6) is 0 Å². The van der Waals surface area contributed by atoms with E-state index in [2.05, 4.69) is 0 Å². The van der Waals surface area contributed by atoms with Gasteiger partial charge in [-0.25, -0.2) is 4.39 Å². The molecule has 2 aliphatic heterocycles. The van der Waals surface area contributed by atoms with E-state index in [0.717, 1.165) is 5.56 Å². The SMILES string of the molecule is OCC1(C2(c3cccc(F)c3)COC2)COC1. The van der Waals surface area contributed by atoms with E-state index in [1.54, 1.807) is 6.07 Å². The summed E-state index contributed by atoms with van der Waals surface area (Å²) in [5.41, 5.74) is 0.308. The van der Waals surface area contributed by atoms with E-state index in [1.807, 2.05) is 6.07 Å². The molecule has 0 atom stereocenters. The van der Waals surface area contributed by atoms with Crippen LogP contribution < -0.4 is 0 Å². The molecule has 3 nitrogen and oxygen atoms in total. The normalized spacial score (nSPS) is 24.8. The molecular weight excluding hydrogens is 223 g/mol. The van der Waals surface area contributed by atoms with Gasteiger partial charge in [-0.1, -0.05) is 12.1 Å². The maximum atomic E-state index is 13.3. The van der Waals surface area contributed by atoms with Gasteiger partial charge in [-0.15, -0.1) is 0 Å². The van der Waals surface area contributed by atoms with E-state index < -0.39 is 0 Å². The van der Waals surface area contributed by atoms with Crippen molar-refractivity contribution in [1.29, 1.82) is 0 Å². The molecule has 1 aromatic rings. The fourth-order valence-corrected chi connectivity index (χ4v) is 2.74. The Labute approximate surface area is 99.2 Å². The molecule has 0 aliphatic carbocycles. The number of rotatable bonds is 3. The van der Waals surface area contributed by atoms with Crippen molar-refractivity contribution in [2.45, 2.75) is 5.41 Å². The maximum Gasteiger partial charge on any atom is 0.123 e. The minimum absolute atomic E-state index is 0.0485. The van der Waals surface area contributed by atoms with Crippen molar-refractivity contribution in [2.75, 3.05) is 33.0 Å². The number of ether oxygens (including phenoxy) is 2. The van der Waals surface area contributed by atoms with Crippen molar-refractivity contribution in [2.24, 2.45) is 5.41 Å². The molecular formula is C13H15FO3. The standard InChI is InChI=1S/C13H15FO3/c14-11-3-1-2-10(4-11)13(8-17-9-13)12(5-15)6-16-7-12/h1-4,15H,5-9H2. The molecule has 0 spiro atoms. The molecule has 0 unspecified atom stereocenters. The number of hydrogen-bond donors (Lipinski definition) is 1. The molecule has 0 amide bonds. The van der Waals surface area contributed by atoms with Gasteiger partial charge < -0.3 is 14.6 Å². The quantitative estimate of drug-likeness (QED) is 0.857. The Hall–Kier alpha value is -0.970. The summed E-state index contributed by atoms with van der Waals surface area (Å²) in [7, 11) is 0. The Morgan fingerprint density at radius 3 is 2.29 bits per heavy atom. The van der Waals surface area contributed by atoms with Gasteiger partial charge in [-0.05, 0) is 17.7 Å². The largest absolute Gasteiger partial charge is 0.396 e. The summed E-state index contributed by atoms with van der Waals surface area (Å²) in [6, 6.07) is 6.58. The van der Waals surface area contributed by atoms with Gasteiger partial charge in [0.25, 0.3) is 0 Å². The molecule has 2 fully saturated rings. The Kier molecular flexibility index (Phi) is 2.47. The summed E-state index contributed by atoms with van der Waals surface area (Å²) in [6.07, 6.45) is 0. The van der Waals surface area contributed by atoms with Crippen LogP contribution in [0, 0.1) is 11.2 Å². The number of hydrogen-bond acceptors (Lipinski definition) is 3. The summed E-state index contributed by atoms with van der Waals surface area (Å²) in [6.45, 7) is 2.14. The van der Waals surface area contributed by atoms with Gasteiger partial charge in [0, 0.05) is 0 Å². The van der Waals surface area contributed by atoms with E-state index >= 15 is 0 Å². The lowest BCUT2D eigenvalue weighted by Gasteiger charge is -2.58. The number of aliphatic hydroxyl groups excluding tert-OH is 1. The first kappa shape index (κ1) is 11.1. The lowest BCUT2D eigenvalue weighted by Crippen LogP contribution is -2.68. The second kappa shape index (κ2) is 3.77. The van der Waals surface area contributed by atoms with Gasteiger partial charge in [0.2, 0.25) is 0 Å². The topological polar surface area (TPSA) is 38.7 Å². The van der Waals surface area contributed by atoms with Crippen molar-refractivity contribution in [3.05, 3.63) is 35.6 Å². The Morgan fingerprint density at radius 1 is 1.18 bits per heavy atom. The zero-order valence-corrected chi connectivity index (χ0v) is 9.49. The van der Waals surface area contributed by atoms with E-state index in [-0.39, 0.29) is 23.3 Å². The van der Waals surface area contributed by atoms with E-state index in [0.29, 0.717) is 26.4 Å². The van der Waals surface area contributed by atoms with Crippen LogP contribution in [0.1, 0.15) is 5.56 Å². The van der Waals surface area contributed by atoms with Crippen LogP contribution in [-0.2, 0) is 14.9 Å². The Bertz CT molecular complexity index is 419. The van der Waals surface area contributed by atoms with Gasteiger partial charge in [-0.3, -0.25) is 0 Å². The van der Waals surface area contributed by atoms with Crippen LogP contribution in [0.25, 0.3) is 0 Å². The van der Waals surface area contributed by atoms with E-state index in [9.17, 15) is 9.50 Å². The number of halogens is 1. The predicted octanol–water partition coefficient (Wildman–Crippen LogP) is 1.10. The molecule has 0 saturated carbocycles. The molecule has 0 aromatic heterocycles. The number of aliphatic hydroxyl groups is 1. The molecule has 2 heterocycles. The highest BCUT2D eigenvalue weighted by Crippen LogP contribution is 2.51. The lowest BCUT2D eigenvalue weighted by atomic mass is 9.57. The molecule has 17 heavy (non-hydrogen) atoms. The van der Waals surface area contributed by atoms with Crippen molar-refractivity contribution in [3.8, 4) is 0 Å². The van der Waals surface area contributed by atoms with E-state index in [1.165, 1.54) is 12.1 Å². The third-order valence-corrected chi connectivity index (χ3v) is 4.15. The van der Waals surface area contributed by atoms with Gasteiger partial charge in [0.15, 0.2) is 0 Å². The van der Waals surface area contributed by atoms with Crippen LogP contribution in [0.3, 0.4) is 0 Å². The van der Waals surface area contributed by atoms with Crippen LogP contribution in [-0.4, -0.2) is 38.1 Å². The van der Waals surface area contributed by atoms with Crippen LogP contribution in [0.15, 0.2) is 24.3 Å². The van der Waals surface area contributed by atoms with Gasteiger partial charge in [-0.2, -0.15) is 0 Å². The molecule has 92 valence electrons. The minimum Gasteiger partial charge on any atom is -0.396 e. The van der Waals surface area contributed by atoms with Crippen molar-refractivity contribution in [1.82, 2.24) is 0 Å². The van der Waals surface area contributed by atoms with Crippen LogP contribution in [0.4, 0.5) is 4.39 Å². The average molecular weight is 238 g/mol. The first-order chi connectivity index (χ1) is 8.22. The van der Waals surface area contributed by atoms with Crippen molar-refractivity contribution >= 4 is 0 Å². The molecule has 0 radical (unpaired) electrons. The zero-order chi connectivity index (χ0) is 11.9. The summed E-state index contributed by atoms with van der Waals surface area (Å²) < 4.78 is 23.9. The second-order valence-corrected chi connectivity index (χ2v) is 5.02. The molecule has 1 aromatic carbocycles. The van der Waals surface area contributed by atoms with Crippen molar-refractivity contribution in [3.63, 3.8) is 0 Å². The highest BCUT2D eigenvalue weighted by molar-refractivity contribution is 5.33. The van der Waals surface area contributed by atoms with E-state index in [4.69, 9.17) is 9.47 Å². The average Bonchev–Trinajstić information content (AvgIpc) is 2.20. The summed E-state index contributed by atoms with van der Waals surface area (Å²) >= 11 is 0. The molecule has 2 saturated heterocycles. The molecule has 3 rings (SSSR count). The maximum absolute atomic E-state index is 13.3. The third kappa shape index (κ3) is 1.38. The highest BCUT2D eigenvalue weighted by Gasteiger charge is 2.60. The second-order valence-electron chi connectivity index (χ2n) is 5.02. The molecule has 2 aliphatic rings. The van der Waals surface area contributed by atoms with Gasteiger partial charge >= 0.3 is 0 Å². The fraction of sp³-hybridized carbons (Fsp3) is 0.538. The Morgan fingerprint density at radius 2 is 1.88 bits per heavy atom. The molecule has 0 bridgehead atoms. The first-order valence-corrected chi connectivity index (χ1v) is 5.75. The summed E-state index contributed by atoms with van der Waals surface area (Å²) in [4.78, 5) is 0. The number of benzene rings is 1. The lowest BCUT2D eigenvalue weighted by molar-refractivity contribution is -0.242. The minimum atomic E-state index is -0.307. The monoisotopic (exact) mass is 238 g/mol. The van der Waals surface area contributed by atoms with Crippen LogP contribution >= 0.6 is 0 Å². The Balaban J connectivity index is 2.02. The van der Waals surface area contributed by atoms with Gasteiger partial charge in [0.1, 0.15) is 5.82 Å².